The van der Waals surface area contributed by atoms with Gasteiger partial charge in [0.2, 0.25) is 5.91 Å². The zero-order valence-electron chi connectivity index (χ0n) is 14.4. The van der Waals surface area contributed by atoms with Crippen molar-refractivity contribution in [3.05, 3.63) is 71.2 Å². The molecule has 2 aromatic carbocycles. The van der Waals surface area contributed by atoms with E-state index in [9.17, 15) is 14.4 Å². The highest BCUT2D eigenvalue weighted by atomic mass is 32.1. The number of nitrogens with one attached hydrogen (secondary N) is 1. The number of imide groups is 1. The van der Waals surface area contributed by atoms with E-state index in [1.807, 2.05) is 17.5 Å². The third-order valence-electron chi connectivity index (χ3n) is 4.42. The first-order chi connectivity index (χ1) is 13.1. The Labute approximate surface area is 159 Å². The predicted molar refractivity (Wildman–Crippen MR) is 103 cm³/mol. The highest BCUT2D eigenvalue weighted by molar-refractivity contribution is 7.13. The van der Waals surface area contributed by atoms with Crippen LogP contribution in [0.1, 0.15) is 27.6 Å². The number of hydrogen-bond donors (Lipinski definition) is 1. The van der Waals surface area contributed by atoms with Crippen molar-refractivity contribution in [1.29, 1.82) is 0 Å². The molecule has 0 saturated heterocycles. The monoisotopic (exact) mass is 377 g/mol. The SMILES string of the molecule is CC(C(=O)Nc1ccc(-c2nccs2)cc1)N1C(=O)c2ccccc2C1=O. The Balaban J connectivity index is 1.49. The van der Waals surface area contributed by atoms with E-state index in [1.165, 1.54) is 11.3 Å². The quantitative estimate of drug-likeness (QED) is 0.707. The summed E-state index contributed by atoms with van der Waals surface area (Å²) >= 11 is 1.53. The molecule has 0 spiro atoms. The number of nitrogens with zero attached hydrogens (tertiary/aromatic N) is 2. The van der Waals surface area contributed by atoms with E-state index in [4.69, 9.17) is 0 Å². The fraction of sp³-hybridized carbons (Fsp3) is 0.100. The maximum atomic E-state index is 12.6. The number of hydrogen-bond acceptors (Lipinski definition) is 5. The van der Waals surface area contributed by atoms with Gasteiger partial charge in [-0.25, -0.2) is 4.98 Å². The minimum atomic E-state index is -0.920. The number of amides is 3. The van der Waals surface area contributed by atoms with Gasteiger partial charge < -0.3 is 5.32 Å². The molecule has 1 aliphatic rings. The summed E-state index contributed by atoms with van der Waals surface area (Å²) in [5.74, 6) is -1.32. The summed E-state index contributed by atoms with van der Waals surface area (Å²) in [7, 11) is 0. The summed E-state index contributed by atoms with van der Waals surface area (Å²) in [5, 5.41) is 5.55. The smallest absolute Gasteiger partial charge is 0.262 e. The highest BCUT2D eigenvalue weighted by Gasteiger charge is 2.40. The van der Waals surface area contributed by atoms with Gasteiger partial charge in [-0.05, 0) is 43.3 Å². The van der Waals surface area contributed by atoms with Gasteiger partial charge in [-0.3, -0.25) is 19.3 Å². The van der Waals surface area contributed by atoms with Crippen molar-refractivity contribution in [2.75, 3.05) is 5.32 Å². The maximum Gasteiger partial charge on any atom is 0.262 e. The van der Waals surface area contributed by atoms with Gasteiger partial charge in [-0.15, -0.1) is 11.3 Å². The standard InChI is InChI=1S/C20H15N3O3S/c1-12(23-19(25)15-4-2-3-5-16(15)20(23)26)17(24)22-14-8-6-13(7-9-14)18-21-10-11-27-18/h2-12H,1H3,(H,22,24). The minimum Gasteiger partial charge on any atom is -0.324 e. The average Bonchev–Trinajstić information content (AvgIpc) is 3.30. The van der Waals surface area contributed by atoms with E-state index >= 15 is 0 Å². The lowest BCUT2D eigenvalue weighted by Gasteiger charge is -2.21. The van der Waals surface area contributed by atoms with Crippen molar-refractivity contribution in [3.8, 4) is 10.6 Å². The fourth-order valence-electron chi connectivity index (χ4n) is 2.99. The van der Waals surface area contributed by atoms with Crippen LogP contribution in [0.4, 0.5) is 5.69 Å². The molecule has 6 nitrogen and oxygen atoms in total. The first kappa shape index (κ1) is 17.1. The van der Waals surface area contributed by atoms with Gasteiger partial charge in [0.05, 0.1) is 11.1 Å². The molecule has 7 heteroatoms. The molecule has 0 saturated carbocycles. The molecular weight excluding hydrogens is 362 g/mol. The molecule has 4 rings (SSSR count). The van der Waals surface area contributed by atoms with Crippen molar-refractivity contribution in [2.24, 2.45) is 0 Å². The largest absolute Gasteiger partial charge is 0.324 e. The fourth-order valence-corrected chi connectivity index (χ4v) is 3.63. The molecule has 1 unspecified atom stereocenters. The summed E-state index contributed by atoms with van der Waals surface area (Å²) in [5.41, 5.74) is 2.20. The van der Waals surface area contributed by atoms with Crippen LogP contribution in [0.25, 0.3) is 10.6 Å². The van der Waals surface area contributed by atoms with Crippen LogP contribution in [-0.4, -0.2) is 33.6 Å². The van der Waals surface area contributed by atoms with Gasteiger partial charge in [0.1, 0.15) is 11.0 Å². The van der Waals surface area contributed by atoms with Crippen molar-refractivity contribution >= 4 is 34.7 Å². The van der Waals surface area contributed by atoms with Crippen LogP contribution < -0.4 is 5.32 Å². The summed E-state index contributed by atoms with van der Waals surface area (Å²) in [6, 6.07) is 12.9. The zero-order chi connectivity index (χ0) is 19.0. The Morgan fingerprint density at radius 3 is 2.22 bits per heavy atom. The Bertz CT molecular complexity index is 994. The second-order valence-corrected chi connectivity index (χ2v) is 7.00. The lowest BCUT2D eigenvalue weighted by Crippen LogP contribution is -2.45. The van der Waals surface area contributed by atoms with Crippen molar-refractivity contribution < 1.29 is 14.4 Å². The van der Waals surface area contributed by atoms with Crippen LogP contribution >= 0.6 is 11.3 Å². The number of fused-ring (bicyclic) bond motifs is 1. The molecule has 0 bridgehead atoms. The van der Waals surface area contributed by atoms with Gasteiger partial charge in [0.25, 0.3) is 11.8 Å². The van der Waals surface area contributed by atoms with Crippen LogP contribution in [0.5, 0.6) is 0 Å². The third kappa shape index (κ3) is 3.02. The molecule has 3 aromatic rings. The van der Waals surface area contributed by atoms with Gasteiger partial charge in [0.15, 0.2) is 0 Å². The van der Waals surface area contributed by atoms with Crippen molar-refractivity contribution in [3.63, 3.8) is 0 Å². The number of anilines is 1. The van der Waals surface area contributed by atoms with Crippen molar-refractivity contribution in [1.82, 2.24) is 9.88 Å². The first-order valence-electron chi connectivity index (χ1n) is 8.34. The van der Waals surface area contributed by atoms with E-state index in [0.717, 1.165) is 15.5 Å². The summed E-state index contributed by atoms with van der Waals surface area (Å²) < 4.78 is 0. The molecule has 0 fully saturated rings. The molecule has 27 heavy (non-hydrogen) atoms. The zero-order valence-corrected chi connectivity index (χ0v) is 15.2. The number of carbonyl (C=O) groups excluding carboxylic acids is 3. The Kier molecular flexibility index (Phi) is 4.29. The molecule has 2 heterocycles. The Hall–Kier alpha value is -3.32. The number of aromatic nitrogens is 1. The molecule has 1 aromatic heterocycles. The lowest BCUT2D eigenvalue weighted by molar-refractivity contribution is -0.119. The van der Waals surface area contributed by atoms with Gasteiger partial charge in [-0.2, -0.15) is 0 Å². The van der Waals surface area contributed by atoms with E-state index in [0.29, 0.717) is 16.8 Å². The van der Waals surface area contributed by atoms with Crippen LogP contribution in [0.15, 0.2) is 60.1 Å². The highest BCUT2D eigenvalue weighted by Crippen LogP contribution is 2.26. The van der Waals surface area contributed by atoms with E-state index < -0.39 is 23.8 Å². The molecule has 0 aliphatic carbocycles. The van der Waals surface area contributed by atoms with Crippen LogP contribution in [-0.2, 0) is 4.79 Å². The minimum absolute atomic E-state index is 0.329. The molecular formula is C20H15N3O3S. The van der Waals surface area contributed by atoms with Gasteiger partial charge in [-0.1, -0.05) is 12.1 Å². The topological polar surface area (TPSA) is 79.4 Å². The predicted octanol–water partition coefficient (Wildman–Crippen LogP) is 3.43. The number of thiazole rings is 1. The summed E-state index contributed by atoms with van der Waals surface area (Å²) in [4.78, 5) is 42.8. The average molecular weight is 377 g/mol. The molecule has 1 atom stereocenters. The molecule has 134 valence electrons. The van der Waals surface area contributed by atoms with Crippen LogP contribution in [0.3, 0.4) is 0 Å². The number of rotatable bonds is 4. The van der Waals surface area contributed by atoms with Crippen molar-refractivity contribution in [2.45, 2.75) is 13.0 Å². The Morgan fingerprint density at radius 2 is 1.67 bits per heavy atom. The normalized spacial score (nSPS) is 14.2. The van der Waals surface area contributed by atoms with Gasteiger partial charge in [0, 0.05) is 22.8 Å². The van der Waals surface area contributed by atoms with Crippen LogP contribution in [0, 0.1) is 0 Å². The van der Waals surface area contributed by atoms with Crippen LogP contribution in [0.2, 0.25) is 0 Å². The summed E-state index contributed by atoms with van der Waals surface area (Å²) in [6.07, 6.45) is 1.74. The second kappa shape index (κ2) is 6.77. The maximum absolute atomic E-state index is 12.6. The number of carbonyl (C=O) groups is 3. The Morgan fingerprint density at radius 1 is 1.04 bits per heavy atom. The second-order valence-electron chi connectivity index (χ2n) is 6.11. The third-order valence-corrected chi connectivity index (χ3v) is 5.25. The molecule has 1 N–H and O–H groups in total. The molecule has 0 radical (unpaired) electrons. The van der Waals surface area contributed by atoms with E-state index in [2.05, 4.69) is 10.3 Å². The van der Waals surface area contributed by atoms with E-state index in [-0.39, 0.29) is 0 Å². The first-order valence-corrected chi connectivity index (χ1v) is 9.22. The lowest BCUT2D eigenvalue weighted by atomic mass is 10.1. The van der Waals surface area contributed by atoms with E-state index in [1.54, 1.807) is 49.5 Å². The van der Waals surface area contributed by atoms with Gasteiger partial charge >= 0.3 is 0 Å². The summed E-state index contributed by atoms with van der Waals surface area (Å²) in [6.45, 7) is 1.54. The number of benzene rings is 2. The molecule has 3 amide bonds. The molecule has 1 aliphatic heterocycles.